The lowest BCUT2D eigenvalue weighted by molar-refractivity contribution is -0.128. The number of nitrogens with two attached hydrogens (primary N) is 1. The number of nitrogens with one attached hydrogen (secondary N) is 1. The van der Waals surface area contributed by atoms with Gasteiger partial charge in [-0.2, -0.15) is 0 Å². The summed E-state index contributed by atoms with van der Waals surface area (Å²) in [5.41, 5.74) is 12.2. The highest BCUT2D eigenvalue weighted by Gasteiger charge is 2.20. The summed E-state index contributed by atoms with van der Waals surface area (Å²) in [6, 6.07) is 14.6. The lowest BCUT2D eigenvalue weighted by Crippen LogP contribution is -2.25. The van der Waals surface area contributed by atoms with Crippen LogP contribution in [0.4, 0.5) is 5.69 Å². The van der Waals surface area contributed by atoms with Crippen LogP contribution in [0.3, 0.4) is 0 Å². The van der Waals surface area contributed by atoms with Crippen LogP contribution < -0.4 is 11.1 Å². The van der Waals surface area contributed by atoms with Crippen molar-refractivity contribution in [1.82, 2.24) is 4.90 Å². The van der Waals surface area contributed by atoms with Crippen LogP contribution in [0.1, 0.15) is 41.5 Å². The van der Waals surface area contributed by atoms with Gasteiger partial charge in [0.25, 0.3) is 0 Å². The first-order valence-corrected chi connectivity index (χ1v) is 9.72. The number of aliphatic imine (C=N–C) groups is 1. The number of hydrogen-bond acceptors (Lipinski definition) is 2. The molecule has 2 aromatic carbocycles. The van der Waals surface area contributed by atoms with Crippen molar-refractivity contribution in [3.8, 4) is 0 Å². The van der Waals surface area contributed by atoms with Gasteiger partial charge in [-0.25, -0.2) is 4.99 Å². The number of carbonyl (C=O) groups is 1. The molecule has 140 valence electrons. The first-order chi connectivity index (χ1) is 13.2. The normalized spacial score (nSPS) is 16.7. The quantitative estimate of drug-likeness (QED) is 0.634. The van der Waals surface area contributed by atoms with Gasteiger partial charge in [0.2, 0.25) is 5.91 Å². The SMILES string of the molecule is NC(=NCc1ccccc1CN1CCCC1=O)Nc1ccc2c(c1)CCC2. The topological polar surface area (TPSA) is 70.7 Å². The Morgan fingerprint density at radius 1 is 1.04 bits per heavy atom. The number of carbonyl (C=O) groups excluding carboxylic acids is 1. The minimum atomic E-state index is 0.242. The maximum Gasteiger partial charge on any atom is 0.222 e. The van der Waals surface area contributed by atoms with Gasteiger partial charge in [-0.15, -0.1) is 0 Å². The third kappa shape index (κ3) is 4.13. The van der Waals surface area contributed by atoms with Crippen LogP contribution in [0.15, 0.2) is 47.5 Å². The zero-order valence-corrected chi connectivity index (χ0v) is 15.6. The second kappa shape index (κ2) is 7.82. The van der Waals surface area contributed by atoms with E-state index in [1.54, 1.807) is 0 Å². The molecule has 0 saturated carbocycles. The van der Waals surface area contributed by atoms with Crippen molar-refractivity contribution in [3.63, 3.8) is 0 Å². The molecule has 0 unspecified atom stereocenters. The first-order valence-electron chi connectivity index (χ1n) is 9.72. The summed E-state index contributed by atoms with van der Waals surface area (Å²) < 4.78 is 0. The van der Waals surface area contributed by atoms with E-state index in [1.807, 2.05) is 17.0 Å². The Bertz CT molecular complexity index is 874. The van der Waals surface area contributed by atoms with Crippen molar-refractivity contribution >= 4 is 17.6 Å². The van der Waals surface area contributed by atoms with E-state index < -0.39 is 0 Å². The molecule has 0 aromatic heterocycles. The molecule has 0 atom stereocenters. The second-order valence-corrected chi connectivity index (χ2v) is 7.35. The number of anilines is 1. The van der Waals surface area contributed by atoms with E-state index in [9.17, 15) is 4.79 Å². The number of amides is 1. The Kier molecular flexibility index (Phi) is 5.10. The van der Waals surface area contributed by atoms with E-state index >= 15 is 0 Å². The summed E-state index contributed by atoms with van der Waals surface area (Å²) in [7, 11) is 0. The molecule has 1 amide bonds. The van der Waals surface area contributed by atoms with Gasteiger partial charge in [0.15, 0.2) is 5.96 Å². The molecule has 2 aliphatic rings. The summed E-state index contributed by atoms with van der Waals surface area (Å²) in [6.45, 7) is 2.00. The summed E-state index contributed by atoms with van der Waals surface area (Å²) in [5.74, 6) is 0.658. The predicted octanol–water partition coefficient (Wildman–Crippen LogP) is 3.22. The molecular formula is C22H26N4O. The van der Waals surface area contributed by atoms with Crippen LogP contribution in [0.2, 0.25) is 0 Å². The maximum atomic E-state index is 11.9. The van der Waals surface area contributed by atoms with E-state index in [0.29, 0.717) is 25.5 Å². The van der Waals surface area contributed by atoms with Gasteiger partial charge in [0, 0.05) is 25.2 Å². The highest BCUT2D eigenvalue weighted by Crippen LogP contribution is 2.25. The first kappa shape index (κ1) is 17.6. The zero-order valence-electron chi connectivity index (χ0n) is 15.6. The van der Waals surface area contributed by atoms with Crippen LogP contribution in [0.5, 0.6) is 0 Å². The number of rotatable bonds is 5. The van der Waals surface area contributed by atoms with Gasteiger partial charge in [-0.1, -0.05) is 30.3 Å². The van der Waals surface area contributed by atoms with Crippen molar-refractivity contribution in [2.24, 2.45) is 10.7 Å². The van der Waals surface area contributed by atoms with E-state index in [1.165, 1.54) is 24.0 Å². The molecule has 0 spiro atoms. The fraction of sp³-hybridized carbons (Fsp3) is 0.364. The Hall–Kier alpha value is -2.82. The average Bonchev–Trinajstić information content (AvgIpc) is 3.30. The van der Waals surface area contributed by atoms with Crippen molar-refractivity contribution in [2.75, 3.05) is 11.9 Å². The molecule has 27 heavy (non-hydrogen) atoms. The van der Waals surface area contributed by atoms with Gasteiger partial charge in [0.05, 0.1) is 6.54 Å². The Balaban J connectivity index is 1.42. The summed E-state index contributed by atoms with van der Waals surface area (Å²) in [4.78, 5) is 18.4. The number of benzene rings is 2. The number of hydrogen-bond donors (Lipinski definition) is 2. The van der Waals surface area contributed by atoms with Crippen LogP contribution in [-0.4, -0.2) is 23.3 Å². The highest BCUT2D eigenvalue weighted by molar-refractivity contribution is 5.92. The van der Waals surface area contributed by atoms with E-state index in [4.69, 9.17) is 5.73 Å². The van der Waals surface area contributed by atoms with Crippen molar-refractivity contribution < 1.29 is 4.79 Å². The minimum absolute atomic E-state index is 0.242. The predicted molar refractivity (Wildman–Crippen MR) is 109 cm³/mol. The largest absolute Gasteiger partial charge is 0.370 e. The third-order valence-electron chi connectivity index (χ3n) is 5.44. The number of fused-ring (bicyclic) bond motifs is 1. The number of likely N-dealkylation sites (tertiary alicyclic amines) is 1. The standard InChI is InChI=1S/C22H26N4O/c23-22(25-20-11-10-16-7-3-8-17(16)13-20)24-14-18-5-1-2-6-19(18)15-26-12-4-9-21(26)27/h1-2,5-6,10-11,13H,3-4,7-9,12,14-15H2,(H3,23,24,25). The molecule has 3 N–H and O–H groups in total. The lowest BCUT2D eigenvalue weighted by atomic mass is 10.1. The number of guanidine groups is 1. The zero-order chi connectivity index (χ0) is 18.6. The molecule has 2 aromatic rings. The minimum Gasteiger partial charge on any atom is -0.370 e. The van der Waals surface area contributed by atoms with Crippen LogP contribution in [0, 0.1) is 0 Å². The number of nitrogens with zero attached hydrogens (tertiary/aromatic N) is 2. The molecule has 1 saturated heterocycles. The van der Waals surface area contributed by atoms with Crippen LogP contribution in [0.25, 0.3) is 0 Å². The molecule has 0 radical (unpaired) electrons. The Morgan fingerprint density at radius 3 is 2.67 bits per heavy atom. The highest BCUT2D eigenvalue weighted by atomic mass is 16.2. The van der Waals surface area contributed by atoms with E-state index in [2.05, 4.69) is 40.6 Å². The lowest BCUT2D eigenvalue weighted by Gasteiger charge is -2.17. The van der Waals surface area contributed by atoms with Gasteiger partial charge in [-0.3, -0.25) is 4.79 Å². The van der Waals surface area contributed by atoms with E-state index in [-0.39, 0.29) is 5.91 Å². The Morgan fingerprint density at radius 2 is 1.85 bits per heavy atom. The average molecular weight is 362 g/mol. The van der Waals surface area contributed by atoms with Crippen LogP contribution in [-0.2, 0) is 30.7 Å². The molecule has 5 heteroatoms. The van der Waals surface area contributed by atoms with Crippen molar-refractivity contribution in [3.05, 3.63) is 64.7 Å². The smallest absolute Gasteiger partial charge is 0.222 e. The van der Waals surface area contributed by atoms with Crippen LogP contribution >= 0.6 is 0 Å². The maximum absolute atomic E-state index is 11.9. The van der Waals surface area contributed by atoms with E-state index in [0.717, 1.165) is 36.2 Å². The molecule has 5 nitrogen and oxygen atoms in total. The molecule has 1 fully saturated rings. The van der Waals surface area contributed by atoms with Gasteiger partial charge >= 0.3 is 0 Å². The molecule has 1 aliphatic heterocycles. The second-order valence-electron chi connectivity index (χ2n) is 7.35. The monoisotopic (exact) mass is 362 g/mol. The molecule has 1 heterocycles. The third-order valence-corrected chi connectivity index (χ3v) is 5.44. The molecule has 1 aliphatic carbocycles. The van der Waals surface area contributed by atoms with Crippen molar-refractivity contribution in [1.29, 1.82) is 0 Å². The van der Waals surface area contributed by atoms with Gasteiger partial charge in [0.1, 0.15) is 0 Å². The van der Waals surface area contributed by atoms with Gasteiger partial charge in [-0.05, 0) is 60.1 Å². The number of aryl methyl sites for hydroxylation is 2. The summed E-state index contributed by atoms with van der Waals surface area (Å²) >= 11 is 0. The van der Waals surface area contributed by atoms with Crippen molar-refractivity contribution in [2.45, 2.75) is 45.2 Å². The fourth-order valence-electron chi connectivity index (χ4n) is 3.95. The molecule has 4 rings (SSSR count). The molecule has 0 bridgehead atoms. The van der Waals surface area contributed by atoms with Gasteiger partial charge < -0.3 is 16.0 Å². The molecular weight excluding hydrogens is 336 g/mol. The fourth-order valence-corrected chi connectivity index (χ4v) is 3.95. The summed E-state index contributed by atoms with van der Waals surface area (Å²) in [6.07, 6.45) is 5.17. The Labute approximate surface area is 160 Å². The summed E-state index contributed by atoms with van der Waals surface area (Å²) in [5, 5.41) is 3.20.